The SMILES string of the molecule is CC(C)[Se]/C=C\c1ccccc1. The Labute approximate surface area is 80.8 Å². The number of hydrogen-bond donors (Lipinski definition) is 0. The van der Waals surface area contributed by atoms with Gasteiger partial charge < -0.3 is 0 Å². The van der Waals surface area contributed by atoms with Gasteiger partial charge in [-0.25, -0.2) is 0 Å². The third-order valence-electron chi connectivity index (χ3n) is 1.41. The van der Waals surface area contributed by atoms with Gasteiger partial charge in [0.1, 0.15) is 0 Å². The average Bonchev–Trinajstić information content (AvgIpc) is 2.05. The van der Waals surface area contributed by atoms with Gasteiger partial charge in [0.2, 0.25) is 0 Å². The van der Waals surface area contributed by atoms with E-state index < -0.39 is 0 Å². The van der Waals surface area contributed by atoms with E-state index in [9.17, 15) is 0 Å². The van der Waals surface area contributed by atoms with Crippen LogP contribution in [0.1, 0.15) is 19.4 Å². The topological polar surface area (TPSA) is 0 Å². The Morgan fingerprint density at radius 1 is 1.17 bits per heavy atom. The Bertz CT molecular complexity index is 236. The molecule has 1 rings (SSSR count). The third-order valence-corrected chi connectivity index (χ3v) is 3.17. The van der Waals surface area contributed by atoms with E-state index in [0.29, 0.717) is 15.0 Å². The summed E-state index contributed by atoms with van der Waals surface area (Å²) in [5.74, 6) is 0. The molecule has 0 N–H and O–H groups in total. The van der Waals surface area contributed by atoms with Crippen LogP contribution >= 0.6 is 0 Å². The maximum absolute atomic E-state index is 2.30. The molecule has 0 saturated heterocycles. The van der Waals surface area contributed by atoms with Crippen molar-refractivity contribution in [3.05, 3.63) is 40.9 Å². The predicted molar refractivity (Wildman–Crippen MR) is 56.3 cm³/mol. The Morgan fingerprint density at radius 2 is 1.83 bits per heavy atom. The molecule has 0 amide bonds. The molecule has 1 heteroatoms. The van der Waals surface area contributed by atoms with E-state index in [-0.39, 0.29) is 0 Å². The summed E-state index contributed by atoms with van der Waals surface area (Å²) < 4.78 is 0. The average molecular weight is 225 g/mol. The summed E-state index contributed by atoms with van der Waals surface area (Å²) in [6.45, 7) is 4.52. The van der Waals surface area contributed by atoms with Crippen LogP contribution in [-0.4, -0.2) is 15.0 Å². The zero-order valence-corrected chi connectivity index (χ0v) is 9.24. The van der Waals surface area contributed by atoms with Crippen LogP contribution in [0.5, 0.6) is 0 Å². The van der Waals surface area contributed by atoms with Crippen LogP contribution in [0.2, 0.25) is 4.82 Å². The van der Waals surface area contributed by atoms with Gasteiger partial charge in [0.25, 0.3) is 0 Å². The van der Waals surface area contributed by atoms with Crippen LogP contribution in [0.4, 0.5) is 0 Å². The van der Waals surface area contributed by atoms with E-state index in [0.717, 1.165) is 4.82 Å². The fraction of sp³-hybridized carbons (Fsp3) is 0.273. The zero-order valence-electron chi connectivity index (χ0n) is 7.53. The Kier molecular flexibility index (Phi) is 4.13. The van der Waals surface area contributed by atoms with Gasteiger partial charge in [-0.2, -0.15) is 0 Å². The summed E-state index contributed by atoms with van der Waals surface area (Å²) in [5.41, 5.74) is 1.31. The molecule has 0 aliphatic rings. The number of rotatable bonds is 3. The minimum absolute atomic E-state index is 0.649. The Morgan fingerprint density at radius 3 is 2.42 bits per heavy atom. The molecule has 0 bridgehead atoms. The molecular weight excluding hydrogens is 211 g/mol. The Hall–Kier alpha value is -0.521. The van der Waals surface area contributed by atoms with Gasteiger partial charge in [-0.15, -0.1) is 0 Å². The normalized spacial score (nSPS) is 11.2. The van der Waals surface area contributed by atoms with Crippen molar-refractivity contribution in [1.29, 1.82) is 0 Å². The van der Waals surface area contributed by atoms with Crippen LogP contribution in [0.25, 0.3) is 6.08 Å². The van der Waals surface area contributed by atoms with Crippen molar-refractivity contribution in [3.8, 4) is 0 Å². The maximum atomic E-state index is 2.30. The standard InChI is InChI=1S/C11H14Se/c1-10(2)12-9-8-11-6-4-3-5-7-11/h3-10H,1-2H3/b9-8-. The molecule has 1 aromatic rings. The van der Waals surface area contributed by atoms with Crippen LogP contribution in [0.15, 0.2) is 35.3 Å². The summed E-state index contributed by atoms with van der Waals surface area (Å²) in [6.07, 6.45) is 2.21. The third kappa shape index (κ3) is 3.75. The molecule has 0 aliphatic carbocycles. The molecule has 12 heavy (non-hydrogen) atoms. The van der Waals surface area contributed by atoms with E-state index in [1.165, 1.54) is 5.56 Å². The van der Waals surface area contributed by atoms with Crippen molar-refractivity contribution in [1.82, 2.24) is 0 Å². The van der Waals surface area contributed by atoms with Gasteiger partial charge >= 0.3 is 80.6 Å². The molecule has 0 radical (unpaired) electrons. The molecule has 0 fully saturated rings. The van der Waals surface area contributed by atoms with Gasteiger partial charge in [-0.3, -0.25) is 0 Å². The number of benzene rings is 1. The second-order valence-corrected chi connectivity index (χ2v) is 6.02. The molecular formula is C11H14Se. The summed E-state index contributed by atoms with van der Waals surface area (Å²) in [6, 6.07) is 10.5. The molecule has 0 atom stereocenters. The first-order valence-electron chi connectivity index (χ1n) is 4.16. The van der Waals surface area contributed by atoms with E-state index in [1.807, 2.05) is 6.07 Å². The fourth-order valence-corrected chi connectivity index (χ4v) is 1.99. The molecule has 0 nitrogen and oxygen atoms in total. The van der Waals surface area contributed by atoms with Crippen LogP contribution in [-0.2, 0) is 0 Å². The second kappa shape index (κ2) is 5.18. The van der Waals surface area contributed by atoms with Crippen molar-refractivity contribution < 1.29 is 0 Å². The quantitative estimate of drug-likeness (QED) is 0.693. The fourth-order valence-electron chi connectivity index (χ4n) is 0.839. The van der Waals surface area contributed by atoms with E-state index in [2.05, 4.69) is 49.2 Å². The number of hydrogen-bond acceptors (Lipinski definition) is 0. The van der Waals surface area contributed by atoms with Crippen LogP contribution in [0, 0.1) is 0 Å². The van der Waals surface area contributed by atoms with Gasteiger partial charge in [-0.05, 0) is 0 Å². The monoisotopic (exact) mass is 226 g/mol. The van der Waals surface area contributed by atoms with Gasteiger partial charge in [0.05, 0.1) is 0 Å². The molecule has 0 heterocycles. The van der Waals surface area contributed by atoms with E-state index in [1.54, 1.807) is 0 Å². The summed E-state index contributed by atoms with van der Waals surface area (Å²) >= 11 is 0.649. The predicted octanol–water partition coefficient (Wildman–Crippen LogP) is 3.19. The van der Waals surface area contributed by atoms with Gasteiger partial charge in [-0.1, -0.05) is 0 Å². The summed E-state index contributed by atoms with van der Waals surface area (Å²) in [4.78, 5) is 3.12. The van der Waals surface area contributed by atoms with Crippen LogP contribution < -0.4 is 0 Å². The molecule has 64 valence electrons. The minimum atomic E-state index is 0.649. The van der Waals surface area contributed by atoms with Crippen molar-refractivity contribution in [2.45, 2.75) is 18.7 Å². The molecule has 1 aromatic carbocycles. The van der Waals surface area contributed by atoms with Crippen molar-refractivity contribution in [2.24, 2.45) is 0 Å². The molecule has 0 unspecified atom stereocenters. The summed E-state index contributed by atoms with van der Waals surface area (Å²) in [7, 11) is 0. The van der Waals surface area contributed by atoms with Crippen LogP contribution in [0.3, 0.4) is 0 Å². The first-order chi connectivity index (χ1) is 5.79. The van der Waals surface area contributed by atoms with Crippen molar-refractivity contribution in [3.63, 3.8) is 0 Å². The van der Waals surface area contributed by atoms with Gasteiger partial charge in [0.15, 0.2) is 0 Å². The van der Waals surface area contributed by atoms with Crippen molar-refractivity contribution in [2.75, 3.05) is 0 Å². The van der Waals surface area contributed by atoms with E-state index >= 15 is 0 Å². The van der Waals surface area contributed by atoms with Gasteiger partial charge in [0, 0.05) is 0 Å². The molecule has 0 aliphatic heterocycles. The Balaban J connectivity index is 2.47. The molecule has 0 saturated carbocycles. The second-order valence-electron chi connectivity index (χ2n) is 2.90. The zero-order chi connectivity index (χ0) is 8.81. The summed E-state index contributed by atoms with van der Waals surface area (Å²) in [5, 5.41) is 0. The first kappa shape index (κ1) is 9.57. The first-order valence-corrected chi connectivity index (χ1v) is 6.14. The van der Waals surface area contributed by atoms with E-state index in [4.69, 9.17) is 0 Å². The molecule has 0 spiro atoms. The molecule has 0 aromatic heterocycles. The van der Waals surface area contributed by atoms with Crippen molar-refractivity contribution >= 4 is 21.0 Å².